The highest BCUT2D eigenvalue weighted by molar-refractivity contribution is 6.01. The quantitative estimate of drug-likeness (QED) is 0.648. The lowest BCUT2D eigenvalue weighted by atomic mass is 9.66. The van der Waals surface area contributed by atoms with Crippen molar-refractivity contribution in [2.75, 3.05) is 13.7 Å². The average molecular weight is 368 g/mol. The van der Waals surface area contributed by atoms with Crippen LogP contribution in [0.2, 0.25) is 0 Å². The first kappa shape index (κ1) is 19.1. The summed E-state index contributed by atoms with van der Waals surface area (Å²) in [6, 6.07) is 16.4. The zero-order valence-electron chi connectivity index (χ0n) is 15.6. The Kier molecular flexibility index (Phi) is 5.61. The Morgan fingerprint density at radius 3 is 2.41 bits per heavy atom. The Morgan fingerprint density at radius 1 is 1.15 bits per heavy atom. The molecule has 0 saturated heterocycles. The fraction of sp³-hybridized carbons (Fsp3) is 0.364. The maximum Gasteiger partial charge on any atom is 0.317 e. The molecule has 0 amide bonds. The minimum Gasteiger partial charge on any atom is -0.497 e. The molecule has 1 fully saturated rings. The molecule has 1 aliphatic carbocycles. The summed E-state index contributed by atoms with van der Waals surface area (Å²) < 4.78 is 10.3. The Balaban J connectivity index is 2.01. The number of ketones is 1. The second-order valence-electron chi connectivity index (χ2n) is 6.85. The van der Waals surface area contributed by atoms with E-state index in [1.54, 1.807) is 26.2 Å². The van der Waals surface area contributed by atoms with Crippen molar-refractivity contribution in [2.24, 2.45) is 5.92 Å². The van der Waals surface area contributed by atoms with Crippen LogP contribution in [0.15, 0.2) is 54.6 Å². The smallest absolute Gasteiger partial charge is 0.317 e. The maximum atomic E-state index is 12.9. The second-order valence-corrected chi connectivity index (χ2v) is 6.85. The second kappa shape index (κ2) is 7.92. The zero-order chi connectivity index (χ0) is 19.4. The topological polar surface area (TPSA) is 72.8 Å². The number of Topliss-reactive ketones (excluding diaryl/α,β-unsaturated/α-hetero) is 1. The third-order valence-corrected chi connectivity index (χ3v) is 5.17. The van der Waals surface area contributed by atoms with Crippen LogP contribution in [0.5, 0.6) is 5.75 Å². The third-order valence-electron chi connectivity index (χ3n) is 5.17. The number of benzene rings is 2. The molecule has 0 unspecified atom stereocenters. The number of hydrogen-bond acceptors (Lipinski definition) is 5. The van der Waals surface area contributed by atoms with Crippen LogP contribution in [0.1, 0.15) is 36.8 Å². The molecule has 142 valence electrons. The van der Waals surface area contributed by atoms with Crippen molar-refractivity contribution in [3.8, 4) is 5.75 Å². The molecular weight excluding hydrogens is 344 g/mol. The number of carbonyl (C=O) groups is 2. The van der Waals surface area contributed by atoms with Crippen molar-refractivity contribution >= 4 is 11.8 Å². The molecular formula is C22H24O5. The Hall–Kier alpha value is -2.66. The Bertz CT molecular complexity index is 799. The van der Waals surface area contributed by atoms with Crippen molar-refractivity contribution < 1.29 is 24.2 Å². The van der Waals surface area contributed by atoms with Gasteiger partial charge >= 0.3 is 5.97 Å². The Morgan fingerprint density at radius 2 is 1.81 bits per heavy atom. The number of rotatable bonds is 5. The lowest BCUT2D eigenvalue weighted by Gasteiger charge is -2.40. The van der Waals surface area contributed by atoms with E-state index in [0.29, 0.717) is 11.3 Å². The number of methoxy groups -OCH3 is 1. The van der Waals surface area contributed by atoms with Crippen LogP contribution in [-0.4, -0.2) is 30.6 Å². The minimum absolute atomic E-state index is 0.104. The van der Waals surface area contributed by atoms with Crippen LogP contribution >= 0.6 is 0 Å². The summed E-state index contributed by atoms with van der Waals surface area (Å²) in [5.41, 5.74) is 0.168. The largest absolute Gasteiger partial charge is 0.497 e. The van der Waals surface area contributed by atoms with E-state index in [9.17, 15) is 14.7 Å². The van der Waals surface area contributed by atoms with Gasteiger partial charge in [-0.1, -0.05) is 42.5 Å². The van der Waals surface area contributed by atoms with Crippen molar-refractivity contribution in [1.82, 2.24) is 0 Å². The van der Waals surface area contributed by atoms with E-state index in [0.717, 1.165) is 5.56 Å². The van der Waals surface area contributed by atoms with E-state index in [1.165, 1.54) is 0 Å². The van der Waals surface area contributed by atoms with Gasteiger partial charge in [0, 0.05) is 12.3 Å². The molecule has 3 atom stereocenters. The highest BCUT2D eigenvalue weighted by Gasteiger charge is 2.49. The highest BCUT2D eigenvalue weighted by Crippen LogP contribution is 2.46. The fourth-order valence-corrected chi connectivity index (χ4v) is 3.83. The van der Waals surface area contributed by atoms with Crippen LogP contribution in [0.4, 0.5) is 0 Å². The third kappa shape index (κ3) is 3.88. The van der Waals surface area contributed by atoms with Crippen molar-refractivity contribution in [3.05, 3.63) is 65.7 Å². The molecule has 5 nitrogen and oxygen atoms in total. The SMILES string of the molecule is CCOC(=O)[C@H]1C(=O)C[C@](O)(c2ccccc2)C[C@H]1c1ccc(OC)cc1. The van der Waals surface area contributed by atoms with Gasteiger partial charge in [0.1, 0.15) is 11.7 Å². The maximum absolute atomic E-state index is 12.9. The van der Waals surface area contributed by atoms with E-state index in [2.05, 4.69) is 0 Å². The molecule has 5 heteroatoms. The zero-order valence-corrected chi connectivity index (χ0v) is 15.6. The van der Waals surface area contributed by atoms with Gasteiger partial charge in [0.15, 0.2) is 5.78 Å². The summed E-state index contributed by atoms with van der Waals surface area (Å²) in [6.45, 7) is 1.93. The van der Waals surface area contributed by atoms with E-state index >= 15 is 0 Å². The van der Waals surface area contributed by atoms with Crippen LogP contribution in [0, 0.1) is 5.92 Å². The van der Waals surface area contributed by atoms with E-state index < -0.39 is 23.4 Å². The minimum atomic E-state index is -1.31. The number of esters is 1. The Labute approximate surface area is 158 Å². The molecule has 2 aromatic carbocycles. The molecule has 27 heavy (non-hydrogen) atoms. The van der Waals surface area contributed by atoms with Crippen LogP contribution in [0.25, 0.3) is 0 Å². The molecule has 1 saturated carbocycles. The first-order valence-corrected chi connectivity index (χ1v) is 9.09. The molecule has 0 radical (unpaired) electrons. The predicted molar refractivity (Wildman–Crippen MR) is 100 cm³/mol. The fourth-order valence-electron chi connectivity index (χ4n) is 3.83. The van der Waals surface area contributed by atoms with Gasteiger partial charge in [0.05, 0.1) is 19.3 Å². The van der Waals surface area contributed by atoms with Gasteiger partial charge in [0.25, 0.3) is 0 Å². The van der Waals surface area contributed by atoms with Gasteiger partial charge in [-0.25, -0.2) is 0 Å². The monoisotopic (exact) mass is 368 g/mol. The number of carbonyl (C=O) groups excluding carboxylic acids is 2. The lowest BCUT2D eigenvalue weighted by Crippen LogP contribution is -2.45. The highest BCUT2D eigenvalue weighted by atomic mass is 16.5. The van der Waals surface area contributed by atoms with Crippen molar-refractivity contribution in [2.45, 2.75) is 31.3 Å². The molecule has 0 aliphatic heterocycles. The molecule has 0 heterocycles. The summed E-state index contributed by atoms with van der Waals surface area (Å²) in [7, 11) is 1.58. The molecule has 3 rings (SSSR count). The van der Waals surface area contributed by atoms with Gasteiger partial charge in [0.2, 0.25) is 0 Å². The van der Waals surface area contributed by atoms with E-state index in [-0.39, 0.29) is 25.2 Å². The normalized spacial score (nSPS) is 25.1. The molecule has 2 aromatic rings. The summed E-state index contributed by atoms with van der Waals surface area (Å²) in [5.74, 6) is -1.53. The molecule has 1 aliphatic rings. The van der Waals surface area contributed by atoms with Gasteiger partial charge < -0.3 is 14.6 Å². The van der Waals surface area contributed by atoms with Gasteiger partial charge in [-0.2, -0.15) is 0 Å². The van der Waals surface area contributed by atoms with Gasteiger partial charge in [-0.15, -0.1) is 0 Å². The van der Waals surface area contributed by atoms with Crippen LogP contribution < -0.4 is 4.74 Å². The predicted octanol–water partition coefficient (Wildman–Crippen LogP) is 3.21. The molecule has 0 aromatic heterocycles. The summed E-state index contributed by atoms with van der Waals surface area (Å²) in [6.07, 6.45) is 0.158. The number of aliphatic hydroxyl groups is 1. The van der Waals surface area contributed by atoms with Crippen molar-refractivity contribution in [3.63, 3.8) is 0 Å². The van der Waals surface area contributed by atoms with Crippen LogP contribution in [0.3, 0.4) is 0 Å². The number of hydrogen-bond donors (Lipinski definition) is 1. The lowest BCUT2D eigenvalue weighted by molar-refractivity contribution is -0.158. The van der Waals surface area contributed by atoms with Crippen LogP contribution in [-0.2, 0) is 19.9 Å². The van der Waals surface area contributed by atoms with E-state index in [4.69, 9.17) is 9.47 Å². The summed E-state index contributed by atoms with van der Waals surface area (Å²) in [4.78, 5) is 25.4. The average Bonchev–Trinajstić information content (AvgIpc) is 2.68. The molecule has 0 bridgehead atoms. The first-order chi connectivity index (χ1) is 13.0. The molecule has 0 spiro atoms. The molecule has 1 N–H and O–H groups in total. The van der Waals surface area contributed by atoms with Gasteiger partial charge in [-0.3, -0.25) is 9.59 Å². The first-order valence-electron chi connectivity index (χ1n) is 9.09. The number of ether oxygens (including phenoxy) is 2. The summed E-state index contributed by atoms with van der Waals surface area (Å²) >= 11 is 0. The van der Waals surface area contributed by atoms with Crippen molar-refractivity contribution in [1.29, 1.82) is 0 Å². The van der Waals surface area contributed by atoms with E-state index in [1.807, 2.05) is 42.5 Å². The standard InChI is InChI=1S/C22H24O5/c1-3-27-21(24)20-18(15-9-11-17(26-2)12-10-15)13-22(25,14-19(20)23)16-7-5-4-6-8-16/h4-12,18,20,25H,3,13-14H2,1-2H3/t18-,20+,22-/m0/s1. The summed E-state index contributed by atoms with van der Waals surface area (Å²) in [5, 5.41) is 11.3. The van der Waals surface area contributed by atoms with Gasteiger partial charge in [-0.05, 0) is 36.6 Å².